The predicted octanol–water partition coefficient (Wildman–Crippen LogP) is 2.17. The standard InChI is InChI=1S/C7H13NSi/c1-9(2,3)8-6-4-5-7-8/h4-7H,1-3H3/i8+1. The van der Waals surface area contributed by atoms with Crippen molar-refractivity contribution < 1.29 is 0 Å². The van der Waals surface area contributed by atoms with Crippen LogP contribution in [0.4, 0.5) is 0 Å². The molecule has 0 radical (unpaired) electrons. The maximum absolute atomic E-state index is 2.33. The molecular weight excluding hydrogens is 127 g/mol. The molecule has 0 aliphatic carbocycles. The van der Waals surface area contributed by atoms with Crippen molar-refractivity contribution in [1.29, 1.82) is 0 Å². The first kappa shape index (κ1) is 6.61. The third-order valence-corrected chi connectivity index (χ3v) is 3.23. The Morgan fingerprint density at radius 2 is 1.44 bits per heavy atom. The Balaban J connectivity index is 2.90. The molecule has 0 aliphatic heterocycles. The molecule has 0 aliphatic rings. The number of hydrogen-bond acceptors (Lipinski definition) is 0. The number of hydrogen-bond donors (Lipinski definition) is 0. The lowest BCUT2D eigenvalue weighted by molar-refractivity contribution is 1.15. The van der Waals surface area contributed by atoms with Crippen molar-refractivity contribution >= 4 is 8.24 Å². The van der Waals surface area contributed by atoms with E-state index in [1.165, 1.54) is 0 Å². The van der Waals surface area contributed by atoms with E-state index >= 15 is 0 Å². The summed E-state index contributed by atoms with van der Waals surface area (Å²) in [6.07, 6.45) is 4.29. The molecule has 0 saturated heterocycles. The fraction of sp³-hybridized carbons (Fsp3) is 0.429. The summed E-state index contributed by atoms with van der Waals surface area (Å²) >= 11 is 0. The predicted molar refractivity (Wildman–Crippen MR) is 43.2 cm³/mol. The van der Waals surface area contributed by atoms with Crippen molar-refractivity contribution in [3.05, 3.63) is 24.5 Å². The van der Waals surface area contributed by atoms with Crippen LogP contribution < -0.4 is 0 Å². The van der Waals surface area contributed by atoms with E-state index in [1.54, 1.807) is 0 Å². The molecular formula is C7H13NSi. The fourth-order valence-electron chi connectivity index (χ4n) is 0.782. The number of nitrogens with zero attached hydrogens (tertiary/aromatic N) is 1. The normalized spacial score (nSPS) is 11.9. The van der Waals surface area contributed by atoms with Crippen LogP contribution in [-0.4, -0.2) is 12.5 Å². The van der Waals surface area contributed by atoms with E-state index in [0.29, 0.717) is 0 Å². The third-order valence-electron chi connectivity index (χ3n) is 1.38. The molecule has 0 bridgehead atoms. The monoisotopic (exact) mass is 140 g/mol. The smallest absolute Gasteiger partial charge is 0.152 e. The Morgan fingerprint density at radius 1 is 1.00 bits per heavy atom. The van der Waals surface area contributed by atoms with Crippen LogP contribution in [-0.2, 0) is 0 Å². The second-order valence-corrected chi connectivity index (χ2v) is 8.12. The highest BCUT2D eigenvalue weighted by Crippen LogP contribution is 2.04. The highest BCUT2D eigenvalue weighted by Gasteiger charge is 2.13. The summed E-state index contributed by atoms with van der Waals surface area (Å²) in [4.78, 5) is 0. The van der Waals surface area contributed by atoms with Gasteiger partial charge in [0.15, 0.2) is 8.24 Å². The van der Waals surface area contributed by atoms with E-state index < -0.39 is 8.24 Å². The molecule has 0 aromatic carbocycles. The topological polar surface area (TPSA) is 4.93 Å². The molecule has 50 valence electrons. The van der Waals surface area contributed by atoms with Crippen LogP contribution in [0.15, 0.2) is 24.5 Å². The molecule has 0 fully saturated rings. The van der Waals surface area contributed by atoms with Crippen molar-refractivity contribution in [2.75, 3.05) is 0 Å². The zero-order valence-corrected chi connectivity index (χ0v) is 7.26. The Hall–Kier alpha value is -0.503. The van der Waals surface area contributed by atoms with Gasteiger partial charge in [-0.1, -0.05) is 19.6 Å². The van der Waals surface area contributed by atoms with Crippen molar-refractivity contribution in [1.82, 2.24) is 4.23 Å². The summed E-state index contributed by atoms with van der Waals surface area (Å²) in [5.74, 6) is 0. The summed E-state index contributed by atoms with van der Waals surface area (Å²) in [5.41, 5.74) is 0. The lowest BCUT2D eigenvalue weighted by Crippen LogP contribution is -2.30. The molecule has 9 heavy (non-hydrogen) atoms. The molecule has 1 heterocycles. The van der Waals surface area contributed by atoms with Gasteiger partial charge in [0.1, 0.15) is 0 Å². The van der Waals surface area contributed by atoms with Crippen LogP contribution in [0, 0.1) is 0 Å². The van der Waals surface area contributed by atoms with Crippen LogP contribution in [0.5, 0.6) is 0 Å². The first-order chi connectivity index (χ1) is 4.11. The van der Waals surface area contributed by atoms with Crippen LogP contribution >= 0.6 is 0 Å². The SMILES string of the molecule is C[Si](C)(C)[15n]1cccc1. The van der Waals surface area contributed by atoms with Crippen molar-refractivity contribution in [3.63, 3.8) is 0 Å². The van der Waals surface area contributed by atoms with E-state index in [9.17, 15) is 0 Å². The van der Waals surface area contributed by atoms with Gasteiger partial charge in [-0.3, -0.25) is 0 Å². The van der Waals surface area contributed by atoms with Crippen LogP contribution in [0.2, 0.25) is 19.6 Å². The number of rotatable bonds is 1. The Bertz CT molecular complexity index is 171. The van der Waals surface area contributed by atoms with Gasteiger partial charge in [0.05, 0.1) is 0 Å². The minimum atomic E-state index is -1.06. The van der Waals surface area contributed by atoms with E-state index in [1.807, 2.05) is 0 Å². The lowest BCUT2D eigenvalue weighted by atomic mass is 10.7. The average molecular weight is 140 g/mol. The summed E-state index contributed by atoms with van der Waals surface area (Å²) < 4.78 is 2.33. The van der Waals surface area contributed by atoms with Crippen molar-refractivity contribution in [2.24, 2.45) is 0 Å². The van der Waals surface area contributed by atoms with Gasteiger partial charge < -0.3 is 4.23 Å². The molecule has 0 unspecified atom stereocenters. The first-order valence-electron chi connectivity index (χ1n) is 3.24. The second kappa shape index (κ2) is 2.03. The highest BCUT2D eigenvalue weighted by molar-refractivity contribution is 6.74. The van der Waals surface area contributed by atoms with Crippen LogP contribution in [0.25, 0.3) is 0 Å². The highest BCUT2D eigenvalue weighted by atomic mass is 28.3. The second-order valence-electron chi connectivity index (χ2n) is 3.26. The van der Waals surface area contributed by atoms with Gasteiger partial charge in [-0.25, -0.2) is 0 Å². The molecule has 1 aromatic heterocycles. The molecule has 0 amide bonds. The van der Waals surface area contributed by atoms with Crippen molar-refractivity contribution in [3.8, 4) is 0 Å². The van der Waals surface area contributed by atoms with Crippen molar-refractivity contribution in [2.45, 2.75) is 19.6 Å². The minimum Gasteiger partial charge on any atom is -0.381 e. The molecule has 1 rings (SSSR count). The maximum Gasteiger partial charge on any atom is 0.152 e. The summed E-state index contributed by atoms with van der Waals surface area (Å²) in [6.45, 7) is 6.98. The molecule has 0 N–H and O–H groups in total. The fourth-order valence-corrected chi connectivity index (χ4v) is 1.85. The third kappa shape index (κ3) is 1.45. The zero-order valence-electron chi connectivity index (χ0n) is 6.26. The molecule has 0 saturated carbocycles. The van der Waals surface area contributed by atoms with Gasteiger partial charge in [0, 0.05) is 0 Å². The lowest BCUT2D eigenvalue weighted by Gasteiger charge is -2.17. The molecule has 0 spiro atoms. The molecule has 1 aromatic rings. The average Bonchev–Trinajstić information content (AvgIpc) is 2.08. The van der Waals surface area contributed by atoms with E-state index in [2.05, 4.69) is 48.4 Å². The summed E-state index contributed by atoms with van der Waals surface area (Å²) in [7, 11) is -1.06. The van der Waals surface area contributed by atoms with Gasteiger partial charge >= 0.3 is 0 Å². The first-order valence-corrected chi connectivity index (χ1v) is 6.69. The molecule has 1 nitrogen and oxygen atoms in total. The summed E-state index contributed by atoms with van der Waals surface area (Å²) in [5, 5.41) is 0. The van der Waals surface area contributed by atoms with Crippen LogP contribution in [0.3, 0.4) is 0 Å². The zero-order chi connectivity index (χ0) is 6.91. The van der Waals surface area contributed by atoms with Gasteiger partial charge in [0.25, 0.3) is 0 Å². The van der Waals surface area contributed by atoms with Gasteiger partial charge in [0.2, 0.25) is 0 Å². The van der Waals surface area contributed by atoms with E-state index in [-0.39, 0.29) is 0 Å². The van der Waals surface area contributed by atoms with Gasteiger partial charge in [-0.05, 0) is 24.5 Å². The quantitative estimate of drug-likeness (QED) is 0.527. The largest absolute Gasteiger partial charge is 0.381 e. The summed E-state index contributed by atoms with van der Waals surface area (Å²) in [6, 6.07) is 4.16. The van der Waals surface area contributed by atoms with Crippen LogP contribution in [0.1, 0.15) is 0 Å². The maximum atomic E-state index is 2.33. The molecule has 2 heteroatoms. The van der Waals surface area contributed by atoms with E-state index in [4.69, 9.17) is 0 Å². The Kier molecular flexibility index (Phi) is 1.49. The number of aromatic nitrogens is 1. The Morgan fingerprint density at radius 3 is 1.67 bits per heavy atom. The molecule has 0 atom stereocenters. The minimum absolute atomic E-state index is 1.06. The van der Waals surface area contributed by atoms with Gasteiger partial charge in [-0.2, -0.15) is 0 Å². The van der Waals surface area contributed by atoms with E-state index in [0.717, 1.165) is 0 Å². The van der Waals surface area contributed by atoms with Gasteiger partial charge in [-0.15, -0.1) is 0 Å². The Labute approximate surface area is 57.4 Å².